The van der Waals surface area contributed by atoms with Gasteiger partial charge in [0.1, 0.15) is 24.0 Å². The number of benzene rings is 2. The third-order valence-corrected chi connectivity index (χ3v) is 2.70. The van der Waals surface area contributed by atoms with E-state index in [1.807, 2.05) is 24.3 Å². The first-order chi connectivity index (χ1) is 9.69. The van der Waals surface area contributed by atoms with E-state index < -0.39 is 11.6 Å². The Balaban J connectivity index is 1.96. The molecule has 0 aromatic heterocycles. The largest absolute Gasteiger partial charge is 0.490 e. The normalized spacial score (nSPS) is 10.1. The molecule has 20 heavy (non-hydrogen) atoms. The van der Waals surface area contributed by atoms with Crippen LogP contribution in [0.1, 0.15) is 5.56 Å². The topological polar surface area (TPSA) is 21.3 Å². The van der Waals surface area contributed by atoms with Crippen LogP contribution < -0.4 is 10.1 Å². The van der Waals surface area contributed by atoms with Crippen LogP contribution in [0.5, 0.6) is 5.75 Å². The van der Waals surface area contributed by atoms with Crippen LogP contribution >= 0.6 is 0 Å². The van der Waals surface area contributed by atoms with Gasteiger partial charge in [0.05, 0.1) is 5.69 Å². The molecule has 1 N–H and O–H groups in total. The van der Waals surface area contributed by atoms with Crippen molar-refractivity contribution in [3.8, 4) is 5.75 Å². The van der Waals surface area contributed by atoms with Gasteiger partial charge in [0, 0.05) is 6.54 Å². The molecule has 4 heteroatoms. The highest BCUT2D eigenvalue weighted by Crippen LogP contribution is 2.17. The van der Waals surface area contributed by atoms with E-state index in [0.29, 0.717) is 13.2 Å². The van der Waals surface area contributed by atoms with Crippen molar-refractivity contribution >= 4 is 5.69 Å². The Morgan fingerprint density at radius 3 is 2.55 bits per heavy atom. The molecule has 0 aliphatic carbocycles. The van der Waals surface area contributed by atoms with Gasteiger partial charge in [0.2, 0.25) is 0 Å². The van der Waals surface area contributed by atoms with Crippen LogP contribution in [0, 0.1) is 11.6 Å². The number of hydrogen-bond donors (Lipinski definition) is 1. The molecule has 0 fully saturated rings. The fourth-order valence-electron chi connectivity index (χ4n) is 1.69. The third kappa shape index (κ3) is 3.82. The summed E-state index contributed by atoms with van der Waals surface area (Å²) >= 11 is 0. The Hall–Kier alpha value is -2.36. The average Bonchev–Trinajstić information content (AvgIpc) is 2.47. The zero-order chi connectivity index (χ0) is 14.4. The van der Waals surface area contributed by atoms with Crippen molar-refractivity contribution in [2.45, 2.75) is 6.54 Å². The first-order valence-electron chi connectivity index (χ1n) is 6.20. The number of ether oxygens (including phenoxy) is 1. The minimum absolute atomic E-state index is 0.150. The van der Waals surface area contributed by atoms with Crippen molar-refractivity contribution in [1.82, 2.24) is 0 Å². The lowest BCUT2D eigenvalue weighted by Crippen LogP contribution is -2.02. The molecule has 0 heterocycles. The Kier molecular flexibility index (Phi) is 4.71. The van der Waals surface area contributed by atoms with E-state index in [0.717, 1.165) is 29.5 Å². The summed E-state index contributed by atoms with van der Waals surface area (Å²) in [6.45, 7) is 4.43. The Morgan fingerprint density at radius 2 is 1.85 bits per heavy atom. The molecule has 0 unspecified atom stereocenters. The van der Waals surface area contributed by atoms with Gasteiger partial charge in [-0.25, -0.2) is 8.78 Å². The molecular formula is C16H15F2NO. The summed E-state index contributed by atoms with van der Waals surface area (Å²) in [5, 5.41) is 2.86. The number of halogens is 2. The van der Waals surface area contributed by atoms with E-state index in [1.165, 1.54) is 0 Å². The smallest absolute Gasteiger partial charge is 0.146 e. The minimum Gasteiger partial charge on any atom is -0.490 e. The lowest BCUT2D eigenvalue weighted by molar-refractivity contribution is 0.363. The minimum atomic E-state index is -0.475. The van der Waals surface area contributed by atoms with Gasteiger partial charge in [0.15, 0.2) is 0 Å². The van der Waals surface area contributed by atoms with Crippen molar-refractivity contribution in [3.63, 3.8) is 0 Å². The van der Waals surface area contributed by atoms with Crippen molar-refractivity contribution in [3.05, 3.63) is 72.3 Å². The van der Waals surface area contributed by atoms with Crippen LogP contribution in [-0.4, -0.2) is 6.61 Å². The third-order valence-electron chi connectivity index (χ3n) is 2.70. The van der Waals surface area contributed by atoms with Crippen LogP contribution in [0.15, 0.2) is 55.1 Å². The van der Waals surface area contributed by atoms with Crippen LogP contribution in [-0.2, 0) is 6.54 Å². The maximum atomic E-state index is 13.4. The van der Waals surface area contributed by atoms with Crippen LogP contribution in [0.2, 0.25) is 0 Å². The SMILES string of the molecule is C=CCOc1ccc(CNc2cc(F)ccc2F)cc1. The monoisotopic (exact) mass is 275 g/mol. The maximum absolute atomic E-state index is 13.4. The summed E-state index contributed by atoms with van der Waals surface area (Å²) in [6.07, 6.45) is 1.67. The van der Waals surface area contributed by atoms with Crippen molar-refractivity contribution in [1.29, 1.82) is 0 Å². The van der Waals surface area contributed by atoms with E-state index in [2.05, 4.69) is 11.9 Å². The molecule has 104 valence electrons. The van der Waals surface area contributed by atoms with Gasteiger partial charge in [-0.3, -0.25) is 0 Å². The summed E-state index contributed by atoms with van der Waals surface area (Å²) in [5.41, 5.74) is 1.09. The van der Waals surface area contributed by atoms with Gasteiger partial charge < -0.3 is 10.1 Å². The van der Waals surface area contributed by atoms with Gasteiger partial charge in [-0.1, -0.05) is 24.8 Å². The molecule has 0 spiro atoms. The summed E-state index contributed by atoms with van der Waals surface area (Å²) in [4.78, 5) is 0. The van der Waals surface area contributed by atoms with E-state index in [9.17, 15) is 8.78 Å². The Bertz CT molecular complexity index is 582. The summed E-state index contributed by atoms with van der Waals surface area (Å²) in [6, 6.07) is 10.7. The summed E-state index contributed by atoms with van der Waals surface area (Å²) in [5.74, 6) is -0.204. The van der Waals surface area contributed by atoms with Gasteiger partial charge in [-0.2, -0.15) is 0 Å². The second-order valence-electron chi connectivity index (χ2n) is 4.22. The molecule has 0 saturated heterocycles. The van der Waals surface area contributed by atoms with Crippen molar-refractivity contribution in [2.24, 2.45) is 0 Å². The van der Waals surface area contributed by atoms with E-state index >= 15 is 0 Å². The molecule has 2 nitrogen and oxygen atoms in total. The standard InChI is InChI=1S/C16H15F2NO/c1-2-9-20-14-6-3-12(4-7-14)11-19-16-10-13(17)5-8-15(16)18/h2-8,10,19H,1,9,11H2. The average molecular weight is 275 g/mol. The lowest BCUT2D eigenvalue weighted by atomic mass is 10.2. The van der Waals surface area contributed by atoms with Crippen LogP contribution in [0.25, 0.3) is 0 Å². The van der Waals surface area contributed by atoms with Crippen LogP contribution in [0.4, 0.5) is 14.5 Å². The van der Waals surface area contributed by atoms with E-state index in [4.69, 9.17) is 4.74 Å². The Morgan fingerprint density at radius 1 is 1.10 bits per heavy atom. The molecule has 2 rings (SSSR count). The zero-order valence-corrected chi connectivity index (χ0v) is 10.9. The highest BCUT2D eigenvalue weighted by molar-refractivity contribution is 5.45. The molecule has 0 amide bonds. The maximum Gasteiger partial charge on any atom is 0.146 e. The molecule has 0 aliphatic rings. The van der Waals surface area contributed by atoms with Gasteiger partial charge >= 0.3 is 0 Å². The fraction of sp³-hybridized carbons (Fsp3) is 0.125. The van der Waals surface area contributed by atoms with Crippen LogP contribution in [0.3, 0.4) is 0 Å². The van der Waals surface area contributed by atoms with Crippen molar-refractivity contribution in [2.75, 3.05) is 11.9 Å². The zero-order valence-electron chi connectivity index (χ0n) is 10.9. The predicted octanol–water partition coefficient (Wildman–Crippen LogP) is 4.14. The number of hydrogen-bond acceptors (Lipinski definition) is 2. The Labute approximate surface area is 116 Å². The second kappa shape index (κ2) is 6.70. The van der Waals surface area contributed by atoms with Gasteiger partial charge in [0.25, 0.3) is 0 Å². The lowest BCUT2D eigenvalue weighted by Gasteiger charge is -2.09. The second-order valence-corrected chi connectivity index (χ2v) is 4.22. The number of rotatable bonds is 6. The molecule has 0 saturated carbocycles. The first kappa shape index (κ1) is 14.1. The molecule has 0 aliphatic heterocycles. The molecule has 0 bridgehead atoms. The number of anilines is 1. The highest BCUT2D eigenvalue weighted by atomic mass is 19.1. The summed E-state index contributed by atoms with van der Waals surface area (Å²) in [7, 11) is 0. The highest BCUT2D eigenvalue weighted by Gasteiger charge is 2.03. The predicted molar refractivity (Wildman–Crippen MR) is 75.8 cm³/mol. The quantitative estimate of drug-likeness (QED) is 0.800. The first-order valence-corrected chi connectivity index (χ1v) is 6.20. The molecule has 0 radical (unpaired) electrons. The van der Waals surface area contributed by atoms with Gasteiger partial charge in [-0.15, -0.1) is 0 Å². The van der Waals surface area contributed by atoms with Crippen molar-refractivity contribution < 1.29 is 13.5 Å². The fourth-order valence-corrected chi connectivity index (χ4v) is 1.69. The van der Waals surface area contributed by atoms with E-state index in [-0.39, 0.29) is 5.69 Å². The molecule has 0 atom stereocenters. The van der Waals surface area contributed by atoms with Gasteiger partial charge in [-0.05, 0) is 35.9 Å². The molecule has 2 aromatic rings. The summed E-state index contributed by atoms with van der Waals surface area (Å²) < 4.78 is 31.8. The van der Waals surface area contributed by atoms with E-state index in [1.54, 1.807) is 6.08 Å². The number of nitrogens with one attached hydrogen (secondary N) is 1. The molecule has 2 aromatic carbocycles. The molecular weight excluding hydrogens is 260 g/mol.